The summed E-state index contributed by atoms with van der Waals surface area (Å²) >= 11 is 2.03. The molecule has 5 N–H and O–H groups in total. The standard InChI is InChI=1S/C26H41FN5O8PS2/c1-24(2,3)21(34)42-12-10-37-41(36,38-11-13-43-22(35)25(4,5)6)39-14-17-18(33)26(7,27)19(40-17)15-8-9-16-20(28)30-23(29)31-32(15)16/h8-9,17-19,33H,10-14H2,1-7H3,(H4,28,29,30,31)/t17-,18-,19+,26-/m1/s1. The fraction of sp³-hybridized carbons (Fsp3) is 0.692. The molecule has 3 heterocycles. The molecule has 2 aromatic rings. The fourth-order valence-electron chi connectivity index (χ4n) is 3.92. The largest absolute Gasteiger partial charge is 0.474 e. The number of alkyl halides is 1. The zero-order chi connectivity index (χ0) is 32.4. The van der Waals surface area contributed by atoms with Gasteiger partial charge in [0.25, 0.3) is 0 Å². The van der Waals surface area contributed by atoms with Crippen LogP contribution >= 0.6 is 31.3 Å². The second-order valence-corrected chi connectivity index (χ2v) is 16.0. The molecule has 0 unspecified atom stereocenters. The number of aliphatic hydroxyl groups is 1. The minimum atomic E-state index is -4.30. The molecule has 0 aromatic carbocycles. The zero-order valence-electron chi connectivity index (χ0n) is 25.4. The number of thioether (sulfide) groups is 2. The van der Waals surface area contributed by atoms with Gasteiger partial charge >= 0.3 is 7.82 Å². The van der Waals surface area contributed by atoms with E-state index in [9.17, 15) is 19.3 Å². The van der Waals surface area contributed by atoms with Crippen LogP contribution in [0.4, 0.5) is 16.2 Å². The number of halogens is 1. The highest BCUT2D eigenvalue weighted by Gasteiger charge is 2.56. The SMILES string of the molecule is CC(C)(C)C(=O)SCCOP(=O)(OCCSC(=O)C(C)(C)C)OC[C@H]1O[C@@H](c2ccc3c(N)nc(N)nn23)[C@](C)(F)[C@@H]1O. The number of ether oxygens (including phenoxy) is 1. The molecule has 0 amide bonds. The monoisotopic (exact) mass is 665 g/mol. The summed E-state index contributed by atoms with van der Waals surface area (Å²) in [6.07, 6.45) is -4.31. The average Bonchev–Trinajstić information content (AvgIpc) is 3.40. The number of nitrogen functional groups attached to an aromatic ring is 2. The lowest BCUT2D eigenvalue weighted by Gasteiger charge is -2.24. The van der Waals surface area contributed by atoms with E-state index in [1.807, 2.05) is 0 Å². The Kier molecular flexibility index (Phi) is 11.4. The Labute approximate surface area is 258 Å². The van der Waals surface area contributed by atoms with Crippen molar-refractivity contribution in [2.24, 2.45) is 10.8 Å². The van der Waals surface area contributed by atoms with Crippen LogP contribution in [0, 0.1) is 10.8 Å². The van der Waals surface area contributed by atoms with Crippen LogP contribution in [0.2, 0.25) is 0 Å². The molecular weight excluding hydrogens is 624 g/mol. The molecule has 2 aromatic heterocycles. The lowest BCUT2D eigenvalue weighted by Crippen LogP contribution is -2.39. The number of nitrogens with two attached hydrogens (primary N) is 2. The maximum absolute atomic E-state index is 15.9. The van der Waals surface area contributed by atoms with Crippen molar-refractivity contribution in [2.45, 2.75) is 72.4 Å². The van der Waals surface area contributed by atoms with Gasteiger partial charge in [-0.05, 0) is 19.1 Å². The van der Waals surface area contributed by atoms with Gasteiger partial charge in [0.15, 0.2) is 21.7 Å². The van der Waals surface area contributed by atoms with Crippen molar-refractivity contribution >= 4 is 58.9 Å². The first-order valence-corrected chi connectivity index (χ1v) is 17.0. The average molecular weight is 666 g/mol. The van der Waals surface area contributed by atoms with E-state index >= 15 is 4.39 Å². The van der Waals surface area contributed by atoms with Gasteiger partial charge in [-0.25, -0.2) is 13.5 Å². The first-order chi connectivity index (χ1) is 19.8. The third kappa shape index (κ3) is 8.91. The predicted molar refractivity (Wildman–Crippen MR) is 164 cm³/mol. The van der Waals surface area contributed by atoms with Gasteiger partial charge in [0, 0.05) is 22.3 Å². The number of aliphatic hydroxyl groups excluding tert-OH is 1. The molecule has 1 fully saturated rings. The van der Waals surface area contributed by atoms with Gasteiger partial charge in [-0.2, -0.15) is 4.98 Å². The van der Waals surface area contributed by atoms with Crippen LogP contribution in [0.5, 0.6) is 0 Å². The molecular formula is C26H41FN5O8PS2. The number of carbonyl (C=O) groups excluding carboxylic acids is 2. The van der Waals surface area contributed by atoms with Crippen LogP contribution in [0.1, 0.15) is 60.3 Å². The number of aromatic nitrogens is 3. The van der Waals surface area contributed by atoms with E-state index in [0.29, 0.717) is 5.52 Å². The number of hydrogen-bond acceptors (Lipinski definition) is 14. The molecule has 0 spiro atoms. The van der Waals surface area contributed by atoms with Crippen molar-refractivity contribution in [1.82, 2.24) is 14.6 Å². The van der Waals surface area contributed by atoms with Gasteiger partial charge in [0.05, 0.1) is 25.5 Å². The number of anilines is 2. The molecule has 0 radical (unpaired) electrons. The second-order valence-electron chi connectivity index (χ2n) is 12.2. The van der Waals surface area contributed by atoms with E-state index in [4.69, 9.17) is 29.8 Å². The highest BCUT2D eigenvalue weighted by Crippen LogP contribution is 2.52. The lowest BCUT2D eigenvalue weighted by molar-refractivity contribution is -0.118. The van der Waals surface area contributed by atoms with Crippen molar-refractivity contribution in [3.05, 3.63) is 17.8 Å². The van der Waals surface area contributed by atoms with E-state index < -0.39 is 49.2 Å². The number of hydrogen-bond donors (Lipinski definition) is 3. The van der Waals surface area contributed by atoms with Crippen molar-refractivity contribution in [1.29, 1.82) is 0 Å². The second kappa shape index (κ2) is 13.7. The summed E-state index contributed by atoms with van der Waals surface area (Å²) in [7, 11) is -4.30. The fourth-order valence-corrected chi connectivity index (χ4v) is 6.92. The summed E-state index contributed by atoms with van der Waals surface area (Å²) in [6, 6.07) is 3.10. The van der Waals surface area contributed by atoms with Gasteiger partial charge in [-0.15, -0.1) is 5.10 Å². The first kappa shape index (κ1) is 35.7. The molecule has 13 nitrogen and oxygen atoms in total. The van der Waals surface area contributed by atoms with Crippen LogP contribution in [0.3, 0.4) is 0 Å². The Morgan fingerprint density at radius 1 is 1.07 bits per heavy atom. The summed E-state index contributed by atoms with van der Waals surface area (Å²) in [5.41, 5.74) is 8.75. The van der Waals surface area contributed by atoms with Crippen LogP contribution in [-0.4, -0.2) is 79.1 Å². The third-order valence-corrected chi connectivity index (χ3v) is 10.3. The normalized spacial score (nSPS) is 23.2. The van der Waals surface area contributed by atoms with Crippen molar-refractivity contribution in [3.63, 3.8) is 0 Å². The van der Waals surface area contributed by atoms with E-state index in [1.165, 1.54) is 10.6 Å². The smallest absolute Gasteiger partial charge is 0.387 e. The van der Waals surface area contributed by atoms with Crippen LogP contribution < -0.4 is 11.5 Å². The molecule has 1 saturated heterocycles. The van der Waals surface area contributed by atoms with Gasteiger partial charge in [0.2, 0.25) is 5.95 Å². The molecule has 1 aliphatic heterocycles. The van der Waals surface area contributed by atoms with Crippen LogP contribution in [0.25, 0.3) is 5.52 Å². The summed E-state index contributed by atoms with van der Waals surface area (Å²) in [5, 5.41) is 14.8. The zero-order valence-corrected chi connectivity index (χ0v) is 27.9. The van der Waals surface area contributed by atoms with Gasteiger partial charge in [0.1, 0.15) is 23.8 Å². The first-order valence-electron chi connectivity index (χ1n) is 13.6. The summed E-state index contributed by atoms with van der Waals surface area (Å²) in [5.74, 6) is 0.290. The Hall–Kier alpha value is -1.78. The lowest BCUT2D eigenvalue weighted by atomic mass is 9.93. The molecule has 43 heavy (non-hydrogen) atoms. The molecule has 1 aliphatic rings. The number of carbonyl (C=O) groups is 2. The van der Waals surface area contributed by atoms with E-state index in [1.54, 1.807) is 47.6 Å². The summed E-state index contributed by atoms with van der Waals surface area (Å²) < 4.78 is 53.1. The Morgan fingerprint density at radius 2 is 1.60 bits per heavy atom. The number of fused-ring (bicyclic) bond motifs is 1. The van der Waals surface area contributed by atoms with E-state index in [2.05, 4.69) is 10.1 Å². The van der Waals surface area contributed by atoms with Crippen LogP contribution in [0.15, 0.2) is 12.1 Å². The minimum absolute atomic E-state index is 0.0766. The topological polar surface area (TPSA) is 191 Å². The van der Waals surface area contributed by atoms with Crippen LogP contribution in [-0.2, 0) is 32.5 Å². The molecule has 242 valence electrons. The third-order valence-electron chi connectivity index (χ3n) is 6.36. The number of phosphoric ester groups is 1. The summed E-state index contributed by atoms with van der Waals surface area (Å²) in [4.78, 5) is 28.3. The predicted octanol–water partition coefficient (Wildman–Crippen LogP) is 4.19. The van der Waals surface area contributed by atoms with Gasteiger partial charge in [-0.1, -0.05) is 65.1 Å². The Morgan fingerprint density at radius 3 is 2.12 bits per heavy atom. The number of nitrogens with zero attached hydrogens (tertiary/aromatic N) is 3. The van der Waals surface area contributed by atoms with E-state index in [0.717, 1.165) is 30.4 Å². The molecule has 0 saturated carbocycles. The summed E-state index contributed by atoms with van der Waals surface area (Å²) in [6.45, 7) is 11.0. The van der Waals surface area contributed by atoms with Crippen molar-refractivity contribution < 1.29 is 42.0 Å². The number of rotatable bonds is 12. The molecule has 0 bridgehead atoms. The Balaban J connectivity index is 1.70. The highest BCUT2D eigenvalue weighted by atomic mass is 32.2. The van der Waals surface area contributed by atoms with Crippen molar-refractivity contribution in [3.8, 4) is 0 Å². The highest BCUT2D eigenvalue weighted by molar-refractivity contribution is 8.14. The van der Waals surface area contributed by atoms with E-state index in [-0.39, 0.29) is 52.4 Å². The Bertz CT molecular complexity index is 1330. The van der Waals surface area contributed by atoms with Crippen molar-refractivity contribution in [2.75, 3.05) is 42.8 Å². The minimum Gasteiger partial charge on any atom is -0.387 e. The van der Waals surface area contributed by atoms with Gasteiger partial charge < -0.3 is 21.3 Å². The quantitative estimate of drug-likeness (QED) is 0.216. The maximum atomic E-state index is 15.9. The molecule has 0 aliphatic carbocycles. The maximum Gasteiger partial charge on any atom is 0.474 e. The molecule has 17 heteroatoms. The van der Waals surface area contributed by atoms with Gasteiger partial charge in [-0.3, -0.25) is 23.2 Å². The number of phosphoric acid groups is 1. The molecule has 3 rings (SSSR count). The molecule has 4 atom stereocenters.